The maximum absolute atomic E-state index is 4.36. The van der Waals surface area contributed by atoms with E-state index >= 15 is 0 Å². The predicted octanol–water partition coefficient (Wildman–Crippen LogP) is 1.28. The zero-order chi connectivity index (χ0) is 12.1. The number of nitrogens with zero attached hydrogens (tertiary/aromatic N) is 4. The van der Waals surface area contributed by atoms with Gasteiger partial charge in [0.25, 0.3) is 0 Å². The molecular weight excluding hydrogens is 214 g/mol. The molecule has 92 valence electrons. The summed E-state index contributed by atoms with van der Waals surface area (Å²) in [4.78, 5) is 8.39. The van der Waals surface area contributed by atoms with Crippen LogP contribution in [0.2, 0.25) is 0 Å². The van der Waals surface area contributed by atoms with Crippen molar-refractivity contribution in [3.63, 3.8) is 0 Å². The molecule has 0 saturated carbocycles. The first-order valence-corrected chi connectivity index (χ1v) is 5.95. The number of aryl methyl sites for hydroxylation is 2. The summed E-state index contributed by atoms with van der Waals surface area (Å²) in [5, 5.41) is 3.38. The molecule has 2 heterocycles. The van der Waals surface area contributed by atoms with Gasteiger partial charge in [0.1, 0.15) is 5.82 Å². The van der Waals surface area contributed by atoms with Crippen LogP contribution in [0.3, 0.4) is 0 Å². The summed E-state index contributed by atoms with van der Waals surface area (Å²) >= 11 is 0. The van der Waals surface area contributed by atoms with Gasteiger partial charge in [-0.1, -0.05) is 13.8 Å². The molecule has 0 saturated heterocycles. The average Bonchev–Trinajstić information content (AvgIpc) is 2.95. The molecule has 0 unspecified atom stereocenters. The van der Waals surface area contributed by atoms with Crippen molar-refractivity contribution in [1.29, 1.82) is 0 Å². The minimum Gasteiger partial charge on any atom is -0.336 e. The van der Waals surface area contributed by atoms with Gasteiger partial charge in [0.15, 0.2) is 0 Å². The van der Waals surface area contributed by atoms with Crippen LogP contribution in [-0.2, 0) is 19.6 Å². The number of hydrogen-bond donors (Lipinski definition) is 1. The summed E-state index contributed by atoms with van der Waals surface area (Å²) in [6.07, 6.45) is 9.49. The van der Waals surface area contributed by atoms with Crippen molar-refractivity contribution >= 4 is 0 Å². The van der Waals surface area contributed by atoms with Gasteiger partial charge in [-0.25, -0.2) is 9.97 Å². The van der Waals surface area contributed by atoms with Gasteiger partial charge in [-0.2, -0.15) is 0 Å². The quantitative estimate of drug-likeness (QED) is 0.817. The van der Waals surface area contributed by atoms with Crippen molar-refractivity contribution in [2.45, 2.75) is 39.5 Å². The maximum Gasteiger partial charge on any atom is 0.122 e. The molecule has 2 rings (SSSR count). The molecule has 0 spiro atoms. The molecule has 1 N–H and O–H groups in total. The van der Waals surface area contributed by atoms with E-state index in [1.165, 1.54) is 0 Å². The molecule has 0 aromatic carbocycles. The van der Waals surface area contributed by atoms with E-state index < -0.39 is 0 Å². The highest BCUT2D eigenvalue weighted by atomic mass is 15.1. The van der Waals surface area contributed by atoms with Crippen LogP contribution in [0.15, 0.2) is 31.1 Å². The number of hydrogen-bond acceptors (Lipinski definition) is 3. The zero-order valence-corrected chi connectivity index (χ0v) is 10.4. The molecule has 0 aliphatic carbocycles. The van der Waals surface area contributed by atoms with Gasteiger partial charge in [0.2, 0.25) is 0 Å². The van der Waals surface area contributed by atoms with Crippen LogP contribution in [0.5, 0.6) is 0 Å². The SMILES string of the molecule is CC(C)NCc1nccn1CCn1ccnc1. The predicted molar refractivity (Wildman–Crippen MR) is 66.4 cm³/mol. The summed E-state index contributed by atoms with van der Waals surface area (Å²) < 4.78 is 4.25. The van der Waals surface area contributed by atoms with E-state index in [-0.39, 0.29) is 0 Å². The Labute approximate surface area is 102 Å². The number of nitrogens with one attached hydrogen (secondary N) is 1. The Kier molecular flexibility index (Phi) is 3.93. The second-order valence-corrected chi connectivity index (χ2v) is 4.37. The second kappa shape index (κ2) is 5.63. The highest BCUT2D eigenvalue weighted by Gasteiger charge is 2.03. The lowest BCUT2D eigenvalue weighted by molar-refractivity contribution is 0.518. The highest BCUT2D eigenvalue weighted by molar-refractivity contribution is 4.92. The fourth-order valence-electron chi connectivity index (χ4n) is 1.65. The molecule has 0 amide bonds. The van der Waals surface area contributed by atoms with Crippen molar-refractivity contribution in [2.24, 2.45) is 0 Å². The Hall–Kier alpha value is -1.62. The summed E-state index contributed by atoms with van der Waals surface area (Å²) in [5.74, 6) is 1.08. The Balaban J connectivity index is 1.90. The van der Waals surface area contributed by atoms with Gasteiger partial charge in [-0.15, -0.1) is 0 Å². The van der Waals surface area contributed by atoms with E-state index in [0.717, 1.165) is 25.5 Å². The van der Waals surface area contributed by atoms with Crippen LogP contribution in [0.1, 0.15) is 19.7 Å². The fraction of sp³-hybridized carbons (Fsp3) is 0.500. The number of rotatable bonds is 6. The molecule has 17 heavy (non-hydrogen) atoms. The molecule has 0 aliphatic rings. The molecule has 2 aromatic rings. The van der Waals surface area contributed by atoms with Crippen molar-refractivity contribution in [3.05, 3.63) is 36.9 Å². The van der Waals surface area contributed by atoms with Gasteiger partial charge in [0.05, 0.1) is 12.9 Å². The lowest BCUT2D eigenvalue weighted by Crippen LogP contribution is -2.24. The topological polar surface area (TPSA) is 47.7 Å². The van der Waals surface area contributed by atoms with Crippen LogP contribution in [0, 0.1) is 0 Å². The third-order valence-corrected chi connectivity index (χ3v) is 2.63. The minimum atomic E-state index is 0.480. The summed E-state index contributed by atoms with van der Waals surface area (Å²) in [7, 11) is 0. The Morgan fingerprint density at radius 1 is 1.24 bits per heavy atom. The van der Waals surface area contributed by atoms with Crippen LogP contribution >= 0.6 is 0 Å². The van der Waals surface area contributed by atoms with E-state index in [4.69, 9.17) is 0 Å². The molecule has 2 aromatic heterocycles. The van der Waals surface area contributed by atoms with Crippen molar-refractivity contribution in [2.75, 3.05) is 0 Å². The summed E-state index contributed by atoms with van der Waals surface area (Å²) in [5.41, 5.74) is 0. The van der Waals surface area contributed by atoms with Crippen molar-refractivity contribution < 1.29 is 0 Å². The molecular formula is C12H19N5. The van der Waals surface area contributed by atoms with Gasteiger partial charge in [-0.3, -0.25) is 0 Å². The first-order valence-electron chi connectivity index (χ1n) is 5.95. The summed E-state index contributed by atoms with van der Waals surface area (Å²) in [6.45, 7) is 6.93. The first-order chi connectivity index (χ1) is 8.25. The number of imidazole rings is 2. The van der Waals surface area contributed by atoms with E-state index in [2.05, 4.69) is 38.3 Å². The van der Waals surface area contributed by atoms with Crippen LogP contribution in [0.25, 0.3) is 0 Å². The van der Waals surface area contributed by atoms with Crippen LogP contribution < -0.4 is 5.32 Å². The number of aromatic nitrogens is 4. The van der Waals surface area contributed by atoms with Gasteiger partial charge < -0.3 is 14.5 Å². The average molecular weight is 233 g/mol. The first kappa shape index (κ1) is 11.9. The lowest BCUT2D eigenvalue weighted by atomic mass is 10.4. The lowest BCUT2D eigenvalue weighted by Gasteiger charge is -2.11. The smallest absolute Gasteiger partial charge is 0.122 e. The Morgan fingerprint density at radius 2 is 2.12 bits per heavy atom. The fourth-order valence-corrected chi connectivity index (χ4v) is 1.65. The largest absolute Gasteiger partial charge is 0.336 e. The molecule has 5 heteroatoms. The maximum atomic E-state index is 4.36. The highest BCUT2D eigenvalue weighted by Crippen LogP contribution is 1.99. The van der Waals surface area contributed by atoms with Crippen LogP contribution in [-0.4, -0.2) is 25.1 Å². The Bertz CT molecular complexity index is 429. The van der Waals surface area contributed by atoms with Gasteiger partial charge in [0, 0.05) is 43.9 Å². The molecule has 0 atom stereocenters. The normalized spacial score (nSPS) is 11.2. The third kappa shape index (κ3) is 3.42. The van der Waals surface area contributed by atoms with E-state index in [9.17, 15) is 0 Å². The summed E-state index contributed by atoms with van der Waals surface area (Å²) in [6, 6.07) is 0.480. The standard InChI is InChI=1S/C12H19N5/c1-11(2)15-9-12-14-4-6-17(12)8-7-16-5-3-13-10-16/h3-6,10-11,15H,7-9H2,1-2H3. The van der Waals surface area contributed by atoms with E-state index in [1.54, 1.807) is 6.20 Å². The molecule has 0 aliphatic heterocycles. The van der Waals surface area contributed by atoms with E-state index in [0.29, 0.717) is 6.04 Å². The van der Waals surface area contributed by atoms with Gasteiger partial charge in [-0.05, 0) is 0 Å². The molecule has 5 nitrogen and oxygen atoms in total. The second-order valence-electron chi connectivity index (χ2n) is 4.37. The molecule has 0 bridgehead atoms. The monoisotopic (exact) mass is 233 g/mol. The van der Waals surface area contributed by atoms with Crippen LogP contribution in [0.4, 0.5) is 0 Å². The molecule has 0 fully saturated rings. The van der Waals surface area contributed by atoms with Gasteiger partial charge >= 0.3 is 0 Å². The van der Waals surface area contributed by atoms with Crippen molar-refractivity contribution in [3.8, 4) is 0 Å². The minimum absolute atomic E-state index is 0.480. The Morgan fingerprint density at radius 3 is 2.82 bits per heavy atom. The third-order valence-electron chi connectivity index (χ3n) is 2.63. The van der Waals surface area contributed by atoms with Crippen molar-refractivity contribution in [1.82, 2.24) is 24.4 Å². The van der Waals surface area contributed by atoms with E-state index in [1.807, 2.05) is 24.9 Å². The molecule has 0 radical (unpaired) electrons. The zero-order valence-electron chi connectivity index (χ0n) is 10.4.